The first-order chi connectivity index (χ1) is 27.4. The van der Waals surface area contributed by atoms with Crippen LogP contribution < -0.4 is 0 Å². The fourth-order valence-corrected chi connectivity index (χ4v) is 5.80. The van der Waals surface area contributed by atoms with E-state index in [9.17, 15) is 24.2 Å². The van der Waals surface area contributed by atoms with Crippen molar-refractivity contribution in [2.24, 2.45) is 0 Å². The minimum absolute atomic E-state index is 0.000696. The van der Waals surface area contributed by atoms with E-state index in [0.29, 0.717) is 30.3 Å². The molecule has 2 N–H and O–H groups in total. The summed E-state index contributed by atoms with van der Waals surface area (Å²) in [5.41, 5.74) is 0. The first-order valence-electron chi connectivity index (χ1n) is 21.4. The molecule has 0 aromatic carbocycles. The third-order valence-electron chi connectivity index (χ3n) is 8.50. The molecule has 0 saturated carbocycles. The highest BCUT2D eigenvalue weighted by molar-refractivity contribution is 7.47. The van der Waals surface area contributed by atoms with Gasteiger partial charge < -0.3 is 24.0 Å². The number of hydrogen-bond acceptors (Lipinski definition) is 8. The van der Waals surface area contributed by atoms with E-state index in [1.165, 1.54) is 38.5 Å². The van der Waals surface area contributed by atoms with Crippen LogP contribution in [0.4, 0.5) is 0 Å². The van der Waals surface area contributed by atoms with E-state index in [-0.39, 0.29) is 26.1 Å². The Morgan fingerprint density at radius 2 is 1.14 bits per heavy atom. The summed E-state index contributed by atoms with van der Waals surface area (Å²) in [5, 5.41) is 10.3. The second-order valence-electron chi connectivity index (χ2n) is 15.2. The molecule has 0 heterocycles. The Hall–Kier alpha value is -2.85. The molecule has 0 aliphatic carbocycles. The number of hydrogen-bond donors (Lipinski definition) is 2. The first kappa shape index (κ1) is 54.2. The zero-order valence-corrected chi connectivity index (χ0v) is 37.0. The van der Waals surface area contributed by atoms with Gasteiger partial charge in [0.2, 0.25) is 0 Å². The van der Waals surface area contributed by atoms with Gasteiger partial charge in [-0.15, -0.1) is 0 Å². The first-order valence-corrected chi connectivity index (χ1v) is 22.9. The zero-order chi connectivity index (χ0) is 42.3. The number of carbonyl (C=O) groups is 2. The Balaban J connectivity index is 4.67. The van der Waals surface area contributed by atoms with Crippen LogP contribution in [0, 0.1) is 0 Å². The maximum atomic E-state index is 12.7. The van der Waals surface area contributed by atoms with Gasteiger partial charge in [-0.05, 0) is 83.5 Å². The third-order valence-corrected chi connectivity index (χ3v) is 9.49. The minimum atomic E-state index is -4.44. The number of phosphoric acid groups is 1. The standard InChI is InChI=1S/C46H78NO9P/c1-6-8-10-12-14-16-18-20-21-23-25-27-29-31-33-37-45(49)53-41-44(42-55-57(51,52)54-40-39-47(3,4)5)56-46(50)38-34-36-43(48)35-32-30-28-26-24-22-19-17-15-13-11-9-7-2/h14-17,20-22,24-25,27-28,30,32,35,43-44,48H,6-13,18-19,23,26,29,31,33-34,36-42H2,1-5H3/p+1/b16-14-,17-15-,21-20-,24-22-,27-25-,30-28-,35-32+/t43-,44+/m0/s1. The quantitative estimate of drug-likeness (QED) is 0.0157. The van der Waals surface area contributed by atoms with E-state index in [0.717, 1.165) is 51.4 Å². The van der Waals surface area contributed by atoms with E-state index < -0.39 is 38.6 Å². The second kappa shape index (κ2) is 37.4. The Morgan fingerprint density at radius 1 is 0.632 bits per heavy atom. The highest BCUT2D eigenvalue weighted by Crippen LogP contribution is 2.43. The van der Waals surface area contributed by atoms with Crippen molar-refractivity contribution in [3.8, 4) is 0 Å². The van der Waals surface area contributed by atoms with Gasteiger partial charge in [0.15, 0.2) is 6.10 Å². The molecule has 1 unspecified atom stereocenters. The van der Waals surface area contributed by atoms with Gasteiger partial charge in [-0.3, -0.25) is 18.6 Å². The topological polar surface area (TPSA) is 129 Å². The summed E-state index contributed by atoms with van der Waals surface area (Å²) in [6.45, 7) is 4.06. The van der Waals surface area contributed by atoms with E-state index in [1.807, 2.05) is 33.3 Å². The van der Waals surface area contributed by atoms with Crippen molar-refractivity contribution in [2.75, 3.05) is 47.5 Å². The van der Waals surface area contributed by atoms with Gasteiger partial charge in [0.1, 0.15) is 19.8 Å². The molecular formula is C46H79NO9P+. The summed E-state index contributed by atoms with van der Waals surface area (Å²) in [6, 6.07) is 0. The van der Waals surface area contributed by atoms with Gasteiger partial charge in [0.25, 0.3) is 0 Å². The number of unbranched alkanes of at least 4 members (excludes halogenated alkanes) is 8. The summed E-state index contributed by atoms with van der Waals surface area (Å²) in [4.78, 5) is 35.3. The smallest absolute Gasteiger partial charge is 0.462 e. The molecule has 0 aromatic heterocycles. The van der Waals surface area contributed by atoms with E-state index >= 15 is 0 Å². The van der Waals surface area contributed by atoms with Crippen molar-refractivity contribution in [3.05, 3.63) is 85.1 Å². The second-order valence-corrected chi connectivity index (χ2v) is 16.7. The van der Waals surface area contributed by atoms with Crippen molar-refractivity contribution >= 4 is 19.8 Å². The van der Waals surface area contributed by atoms with Crippen LogP contribution >= 0.6 is 7.82 Å². The number of phosphoric ester groups is 1. The molecule has 0 amide bonds. The van der Waals surface area contributed by atoms with Gasteiger partial charge in [-0.1, -0.05) is 125 Å². The maximum absolute atomic E-state index is 12.7. The van der Waals surface area contributed by atoms with Crippen molar-refractivity contribution in [2.45, 2.75) is 148 Å². The Bertz CT molecular complexity index is 1260. The number of nitrogens with zero attached hydrogens (tertiary/aromatic N) is 1. The number of quaternary nitrogens is 1. The Morgan fingerprint density at radius 3 is 1.68 bits per heavy atom. The monoisotopic (exact) mass is 821 g/mol. The van der Waals surface area contributed by atoms with Gasteiger partial charge in [-0.25, -0.2) is 4.57 Å². The zero-order valence-electron chi connectivity index (χ0n) is 36.1. The number of aliphatic hydroxyl groups is 1. The van der Waals surface area contributed by atoms with Crippen LogP contribution in [0.5, 0.6) is 0 Å². The van der Waals surface area contributed by atoms with Crippen LogP contribution in [-0.4, -0.2) is 86.1 Å². The molecule has 0 aliphatic rings. The molecule has 0 radical (unpaired) electrons. The normalized spacial score (nSPS) is 15.0. The van der Waals surface area contributed by atoms with Crippen LogP contribution in [-0.2, 0) is 32.7 Å². The molecule has 326 valence electrons. The van der Waals surface area contributed by atoms with Crippen LogP contribution in [0.15, 0.2) is 85.1 Å². The molecule has 11 heteroatoms. The van der Waals surface area contributed by atoms with E-state index in [2.05, 4.69) is 74.6 Å². The van der Waals surface area contributed by atoms with Crippen LogP contribution in [0.3, 0.4) is 0 Å². The molecule has 0 rings (SSSR count). The summed E-state index contributed by atoms with van der Waals surface area (Å²) >= 11 is 0. The SMILES string of the molecule is CCCCC/C=C\C/C=C\C/C=C\C=C\[C@H](O)CCCC(=O)O[C@H](COC(=O)CCCC/C=C\C/C=C\C/C=C\CCCCC)COP(=O)(O)OCC[N+](C)(C)C. The molecule has 0 fully saturated rings. The minimum Gasteiger partial charge on any atom is -0.462 e. The Labute approximate surface area is 346 Å². The number of allylic oxidation sites excluding steroid dienone is 13. The predicted molar refractivity (Wildman–Crippen MR) is 235 cm³/mol. The lowest BCUT2D eigenvalue weighted by molar-refractivity contribution is -0.870. The average Bonchev–Trinajstić information content (AvgIpc) is 3.15. The highest BCUT2D eigenvalue weighted by atomic mass is 31.2. The molecule has 10 nitrogen and oxygen atoms in total. The van der Waals surface area contributed by atoms with Gasteiger partial charge in [0.05, 0.1) is 33.9 Å². The number of ether oxygens (including phenoxy) is 2. The van der Waals surface area contributed by atoms with Crippen LogP contribution in [0.1, 0.15) is 136 Å². The number of likely N-dealkylation sites (N-methyl/N-ethyl adjacent to an activating group) is 1. The number of aliphatic hydroxyl groups excluding tert-OH is 1. The van der Waals surface area contributed by atoms with Gasteiger partial charge in [-0.2, -0.15) is 0 Å². The fraction of sp³-hybridized carbons (Fsp3) is 0.652. The molecule has 3 atom stereocenters. The summed E-state index contributed by atoms with van der Waals surface area (Å²) in [5.74, 6) is -1.06. The summed E-state index contributed by atoms with van der Waals surface area (Å²) in [6.07, 6.45) is 43.8. The van der Waals surface area contributed by atoms with Crippen molar-refractivity contribution < 1.29 is 47.2 Å². The molecule has 0 bridgehead atoms. The molecule has 57 heavy (non-hydrogen) atoms. The highest BCUT2D eigenvalue weighted by Gasteiger charge is 2.27. The van der Waals surface area contributed by atoms with Crippen molar-refractivity contribution in [1.82, 2.24) is 0 Å². The van der Waals surface area contributed by atoms with E-state index in [4.69, 9.17) is 18.5 Å². The third kappa shape index (κ3) is 41.1. The lowest BCUT2D eigenvalue weighted by atomic mass is 10.1. The van der Waals surface area contributed by atoms with E-state index in [1.54, 1.807) is 12.2 Å². The average molecular weight is 821 g/mol. The maximum Gasteiger partial charge on any atom is 0.472 e. The summed E-state index contributed by atoms with van der Waals surface area (Å²) < 4.78 is 34.0. The molecule has 0 aliphatic heterocycles. The Kier molecular flexibility index (Phi) is 35.6. The van der Waals surface area contributed by atoms with Crippen molar-refractivity contribution in [3.63, 3.8) is 0 Å². The van der Waals surface area contributed by atoms with Crippen LogP contribution in [0.25, 0.3) is 0 Å². The number of esters is 2. The van der Waals surface area contributed by atoms with Crippen LogP contribution in [0.2, 0.25) is 0 Å². The number of rotatable bonds is 37. The fourth-order valence-electron chi connectivity index (χ4n) is 5.06. The molecule has 0 aromatic rings. The molecule has 0 spiro atoms. The summed E-state index contributed by atoms with van der Waals surface area (Å²) in [7, 11) is 1.32. The molecule has 0 saturated heterocycles. The van der Waals surface area contributed by atoms with Crippen molar-refractivity contribution in [1.29, 1.82) is 0 Å². The lowest BCUT2D eigenvalue weighted by Crippen LogP contribution is -2.37. The predicted octanol–water partition coefficient (Wildman–Crippen LogP) is 11.0. The largest absolute Gasteiger partial charge is 0.472 e. The van der Waals surface area contributed by atoms with Gasteiger partial charge >= 0.3 is 19.8 Å². The lowest BCUT2D eigenvalue weighted by Gasteiger charge is -2.24. The number of carbonyl (C=O) groups excluding carboxylic acids is 2. The van der Waals surface area contributed by atoms with Gasteiger partial charge in [0, 0.05) is 12.8 Å². The molecular weight excluding hydrogens is 741 g/mol.